The number of benzene rings is 2. The maximum atomic E-state index is 9.57. The summed E-state index contributed by atoms with van der Waals surface area (Å²) < 4.78 is 11.5. The van der Waals surface area contributed by atoms with Crippen molar-refractivity contribution < 1.29 is 14.5 Å². The highest BCUT2D eigenvalue weighted by Gasteiger charge is 2.25. The third-order valence-corrected chi connectivity index (χ3v) is 5.94. The van der Waals surface area contributed by atoms with E-state index in [4.69, 9.17) is 9.47 Å². The highest BCUT2D eigenvalue weighted by atomic mass is 16.5. The molecule has 5 nitrogen and oxygen atoms in total. The van der Waals surface area contributed by atoms with Gasteiger partial charge in [-0.25, -0.2) is 0 Å². The molecule has 0 radical (unpaired) electrons. The van der Waals surface area contributed by atoms with Crippen LogP contribution in [0.25, 0.3) is 0 Å². The van der Waals surface area contributed by atoms with Crippen molar-refractivity contribution in [1.29, 1.82) is 0 Å². The highest BCUT2D eigenvalue weighted by molar-refractivity contribution is 6.45. The standard InChI is InChI=1S/C13H20BNO2.C12H17NO/c1-14(16)15-9-5-6-12(10-15)11-17-13-7-3-2-4-8-13;1-2-6-12(7-3-1)14-10-11-5-4-8-13-9-11/h2-4,7-8,12,16H,5-6,9-11H2,1H3;1-3,6-7,11,13H,4-5,8-10H2. The smallest absolute Gasteiger partial charge is 0.376 e. The number of hydrogen-bond donors (Lipinski definition) is 2. The van der Waals surface area contributed by atoms with Gasteiger partial charge in [0.25, 0.3) is 0 Å². The first-order valence-corrected chi connectivity index (χ1v) is 11.7. The van der Waals surface area contributed by atoms with E-state index in [1.54, 1.807) is 0 Å². The van der Waals surface area contributed by atoms with E-state index in [-0.39, 0.29) is 7.05 Å². The van der Waals surface area contributed by atoms with E-state index in [9.17, 15) is 5.02 Å². The predicted molar refractivity (Wildman–Crippen MR) is 128 cm³/mol. The zero-order valence-electron chi connectivity index (χ0n) is 18.8. The molecule has 2 aromatic carbocycles. The van der Waals surface area contributed by atoms with E-state index in [1.807, 2.05) is 67.5 Å². The van der Waals surface area contributed by atoms with Gasteiger partial charge in [-0.2, -0.15) is 0 Å². The molecule has 0 saturated carbocycles. The summed E-state index contributed by atoms with van der Waals surface area (Å²) >= 11 is 0. The second-order valence-corrected chi connectivity index (χ2v) is 8.60. The zero-order chi connectivity index (χ0) is 21.7. The van der Waals surface area contributed by atoms with Crippen LogP contribution in [0.15, 0.2) is 60.7 Å². The molecule has 2 fully saturated rings. The van der Waals surface area contributed by atoms with Gasteiger partial charge in [0.15, 0.2) is 0 Å². The van der Waals surface area contributed by atoms with Crippen LogP contribution in [0, 0.1) is 11.8 Å². The number of nitrogens with zero attached hydrogens (tertiary/aromatic N) is 1. The molecular weight excluding hydrogens is 387 g/mol. The fraction of sp³-hybridized carbons (Fsp3) is 0.520. The van der Waals surface area contributed by atoms with Gasteiger partial charge in [-0.05, 0) is 76.4 Å². The normalized spacial score (nSPS) is 21.5. The number of ether oxygens (including phenoxy) is 2. The van der Waals surface area contributed by atoms with E-state index >= 15 is 0 Å². The van der Waals surface area contributed by atoms with Crippen LogP contribution in [-0.2, 0) is 0 Å². The Morgan fingerprint density at radius 2 is 1.48 bits per heavy atom. The van der Waals surface area contributed by atoms with Gasteiger partial charge in [-0.1, -0.05) is 36.4 Å². The van der Waals surface area contributed by atoms with Crippen molar-refractivity contribution in [2.75, 3.05) is 39.4 Å². The van der Waals surface area contributed by atoms with Crippen molar-refractivity contribution in [2.45, 2.75) is 32.5 Å². The number of hydrogen-bond acceptors (Lipinski definition) is 5. The molecular formula is C25H37BN2O3. The summed E-state index contributed by atoms with van der Waals surface area (Å²) in [5.41, 5.74) is 0. The van der Waals surface area contributed by atoms with E-state index < -0.39 is 0 Å². The fourth-order valence-electron chi connectivity index (χ4n) is 4.10. The minimum Gasteiger partial charge on any atom is -0.493 e. The lowest BCUT2D eigenvalue weighted by molar-refractivity contribution is 0.170. The number of nitrogens with one attached hydrogen (secondary N) is 1. The van der Waals surface area contributed by atoms with Gasteiger partial charge in [0.05, 0.1) is 13.2 Å². The average Bonchev–Trinajstić information content (AvgIpc) is 2.84. The largest absolute Gasteiger partial charge is 0.493 e. The maximum Gasteiger partial charge on any atom is 0.376 e. The Hall–Kier alpha value is -2.02. The summed E-state index contributed by atoms with van der Waals surface area (Å²) in [6.45, 7) is 7.63. The molecule has 2 saturated heterocycles. The molecule has 31 heavy (non-hydrogen) atoms. The lowest BCUT2D eigenvalue weighted by Crippen LogP contribution is -2.45. The van der Waals surface area contributed by atoms with Crippen molar-refractivity contribution in [3.8, 4) is 11.5 Å². The van der Waals surface area contributed by atoms with Gasteiger partial charge in [0, 0.05) is 18.4 Å². The minimum atomic E-state index is -0.338. The first-order chi connectivity index (χ1) is 15.2. The van der Waals surface area contributed by atoms with Gasteiger partial charge in [0.1, 0.15) is 11.5 Å². The molecule has 2 N–H and O–H groups in total. The van der Waals surface area contributed by atoms with E-state index in [2.05, 4.69) is 10.1 Å². The molecule has 4 rings (SSSR count). The van der Waals surface area contributed by atoms with E-state index in [1.165, 1.54) is 25.8 Å². The quantitative estimate of drug-likeness (QED) is 0.660. The van der Waals surface area contributed by atoms with E-state index in [0.717, 1.165) is 50.8 Å². The molecule has 2 aliphatic heterocycles. The lowest BCUT2D eigenvalue weighted by atomic mass is 9.81. The molecule has 0 spiro atoms. The summed E-state index contributed by atoms with van der Waals surface area (Å²) in [6, 6.07) is 20.0. The summed E-state index contributed by atoms with van der Waals surface area (Å²) in [5.74, 6) is 3.13. The molecule has 2 unspecified atom stereocenters. The number of piperidine rings is 2. The van der Waals surface area contributed by atoms with Crippen LogP contribution in [0.4, 0.5) is 0 Å². The number of para-hydroxylation sites is 2. The molecule has 0 bridgehead atoms. The van der Waals surface area contributed by atoms with Gasteiger partial charge in [-0.15, -0.1) is 0 Å². The lowest BCUT2D eigenvalue weighted by Gasteiger charge is -2.33. The number of rotatable bonds is 7. The maximum absolute atomic E-state index is 9.57. The Bertz CT molecular complexity index is 711. The predicted octanol–water partition coefficient (Wildman–Crippen LogP) is 3.95. The summed E-state index contributed by atoms with van der Waals surface area (Å²) in [7, 11) is -0.338. The van der Waals surface area contributed by atoms with Gasteiger partial charge >= 0.3 is 7.05 Å². The van der Waals surface area contributed by atoms with Crippen molar-refractivity contribution >= 4 is 7.05 Å². The minimum absolute atomic E-state index is 0.338. The molecule has 0 aromatic heterocycles. The first-order valence-electron chi connectivity index (χ1n) is 11.7. The SMILES string of the molecule is CB(O)N1CCCC(COc2ccccc2)C1.c1ccc(OCC2CCCNC2)cc1. The van der Waals surface area contributed by atoms with Crippen LogP contribution in [0.3, 0.4) is 0 Å². The molecule has 2 aliphatic rings. The van der Waals surface area contributed by atoms with Gasteiger partial charge < -0.3 is 24.6 Å². The average molecular weight is 424 g/mol. The van der Waals surface area contributed by atoms with Crippen LogP contribution >= 0.6 is 0 Å². The monoisotopic (exact) mass is 424 g/mol. The van der Waals surface area contributed by atoms with E-state index in [0.29, 0.717) is 11.8 Å². The molecule has 0 amide bonds. The van der Waals surface area contributed by atoms with Gasteiger partial charge in [0.2, 0.25) is 0 Å². The van der Waals surface area contributed by atoms with Crippen molar-refractivity contribution in [3.63, 3.8) is 0 Å². The Balaban J connectivity index is 0.000000179. The Morgan fingerprint density at radius 1 is 0.903 bits per heavy atom. The molecule has 2 atom stereocenters. The van der Waals surface area contributed by atoms with Crippen LogP contribution in [0.2, 0.25) is 6.82 Å². The third-order valence-electron chi connectivity index (χ3n) is 5.94. The zero-order valence-corrected chi connectivity index (χ0v) is 18.8. The Morgan fingerprint density at radius 3 is 2.03 bits per heavy atom. The Kier molecular flexibility index (Phi) is 10.2. The summed E-state index contributed by atoms with van der Waals surface area (Å²) in [4.78, 5) is 2.11. The van der Waals surface area contributed by atoms with Crippen molar-refractivity contribution in [1.82, 2.24) is 10.1 Å². The fourth-order valence-corrected chi connectivity index (χ4v) is 4.10. The molecule has 0 aliphatic carbocycles. The van der Waals surface area contributed by atoms with Crippen molar-refractivity contribution in [3.05, 3.63) is 60.7 Å². The molecule has 6 heteroatoms. The first kappa shape index (κ1) is 23.6. The summed E-state index contributed by atoms with van der Waals surface area (Å²) in [6.07, 6.45) is 4.91. The second-order valence-electron chi connectivity index (χ2n) is 8.60. The molecule has 2 aromatic rings. The molecule has 168 valence electrons. The summed E-state index contributed by atoms with van der Waals surface area (Å²) in [5, 5.41) is 13.0. The van der Waals surface area contributed by atoms with Gasteiger partial charge in [-0.3, -0.25) is 0 Å². The van der Waals surface area contributed by atoms with Crippen LogP contribution in [-0.4, -0.2) is 56.3 Å². The molecule has 2 heterocycles. The second kappa shape index (κ2) is 13.4. The Labute approximate surface area is 187 Å². The highest BCUT2D eigenvalue weighted by Crippen LogP contribution is 2.19. The van der Waals surface area contributed by atoms with Crippen LogP contribution in [0.1, 0.15) is 25.7 Å². The van der Waals surface area contributed by atoms with Crippen molar-refractivity contribution in [2.24, 2.45) is 11.8 Å². The van der Waals surface area contributed by atoms with Crippen LogP contribution < -0.4 is 14.8 Å². The van der Waals surface area contributed by atoms with Crippen LogP contribution in [0.5, 0.6) is 11.5 Å². The topological polar surface area (TPSA) is 54.0 Å². The third kappa shape index (κ3) is 8.94.